The molecule has 0 spiro atoms. The summed E-state index contributed by atoms with van der Waals surface area (Å²) in [6.07, 6.45) is 4.93. The Balaban J connectivity index is 1.67. The molecule has 4 nitrogen and oxygen atoms in total. The van der Waals surface area contributed by atoms with E-state index >= 15 is 4.39 Å². The van der Waals surface area contributed by atoms with E-state index in [1.165, 1.54) is 11.6 Å². The van der Waals surface area contributed by atoms with Crippen molar-refractivity contribution in [2.75, 3.05) is 0 Å². The average molecular weight is 672 g/mol. The Hall–Kier alpha value is -4.07. The van der Waals surface area contributed by atoms with Crippen molar-refractivity contribution in [2.45, 2.75) is 110 Å². The first-order chi connectivity index (χ1) is 23.3. The number of hydrogen-bond acceptors (Lipinski definition) is 2. The van der Waals surface area contributed by atoms with Crippen LogP contribution >= 0.6 is 0 Å². The maximum absolute atomic E-state index is 16.4. The van der Waals surface area contributed by atoms with E-state index in [2.05, 4.69) is 64.8 Å². The quantitative estimate of drug-likeness (QED) is 0.103. The largest absolute Gasteiger partial charge is 0.435 e. The molecule has 0 fully saturated rings. The van der Waals surface area contributed by atoms with E-state index in [0.717, 1.165) is 65.3 Å². The van der Waals surface area contributed by atoms with Crippen LogP contribution in [0.3, 0.4) is 0 Å². The minimum Gasteiger partial charge on any atom is -0.256 e. The van der Waals surface area contributed by atoms with Gasteiger partial charge in [-0.2, -0.15) is 22.8 Å². The standard InChI is InChI=1S/C41H47F4N4/c1-8-11-15-26-18-19-28-35-27(26)22-23-46-38(35)36-29(20-21-30(42)37(36)39(28,4)5)40(6,10-3)34(17-12-9-2)49-32(25-33(47-49)41(43,44)45)31-16-13-14-24-48(31)7/h13-14,16,18-25,34H,8-12,15,17H2,1-7H3/q+1. The molecule has 0 radical (unpaired) electrons. The Kier molecular flexibility index (Phi) is 9.22. The highest BCUT2D eigenvalue weighted by atomic mass is 19.4. The van der Waals surface area contributed by atoms with Gasteiger partial charge in [0.15, 0.2) is 11.9 Å². The number of halogens is 4. The van der Waals surface area contributed by atoms with Crippen molar-refractivity contribution >= 4 is 10.8 Å². The second-order valence-corrected chi connectivity index (χ2v) is 14.4. The molecule has 0 aliphatic heterocycles. The van der Waals surface area contributed by atoms with E-state index in [1.54, 1.807) is 10.7 Å². The highest BCUT2D eigenvalue weighted by Gasteiger charge is 2.46. The van der Waals surface area contributed by atoms with Crippen LogP contribution in [-0.2, 0) is 30.5 Å². The first-order valence-corrected chi connectivity index (χ1v) is 17.7. The normalized spacial score (nSPS) is 15.7. The molecule has 8 heteroatoms. The van der Waals surface area contributed by atoms with E-state index in [0.29, 0.717) is 29.8 Å². The lowest BCUT2D eigenvalue weighted by Crippen LogP contribution is -2.38. The highest BCUT2D eigenvalue weighted by molar-refractivity contribution is 6.03. The van der Waals surface area contributed by atoms with Gasteiger partial charge in [-0.25, -0.2) is 4.39 Å². The van der Waals surface area contributed by atoms with Crippen LogP contribution in [0.25, 0.3) is 33.4 Å². The molecule has 6 rings (SSSR count). The van der Waals surface area contributed by atoms with Crippen molar-refractivity contribution in [1.29, 1.82) is 0 Å². The summed E-state index contributed by atoms with van der Waals surface area (Å²) in [6.45, 7) is 12.6. The van der Waals surface area contributed by atoms with Crippen LogP contribution in [0.15, 0.2) is 67.0 Å². The average Bonchev–Trinajstić information content (AvgIpc) is 3.52. The molecule has 1 aliphatic rings. The van der Waals surface area contributed by atoms with E-state index in [9.17, 15) is 13.2 Å². The lowest BCUT2D eigenvalue weighted by molar-refractivity contribution is -0.660. The van der Waals surface area contributed by atoms with Crippen LogP contribution in [-0.4, -0.2) is 14.8 Å². The first kappa shape index (κ1) is 34.8. The van der Waals surface area contributed by atoms with Gasteiger partial charge >= 0.3 is 6.18 Å². The Labute approximate surface area is 287 Å². The van der Waals surface area contributed by atoms with Crippen LogP contribution in [0.5, 0.6) is 0 Å². The molecule has 0 amide bonds. The molecule has 5 aromatic rings. The highest BCUT2D eigenvalue weighted by Crippen LogP contribution is 2.55. The number of aryl methyl sites for hydroxylation is 2. The Bertz CT molecular complexity index is 2010. The lowest BCUT2D eigenvalue weighted by atomic mass is 9.63. The van der Waals surface area contributed by atoms with Gasteiger partial charge in [-0.15, -0.1) is 0 Å². The number of fused-ring (bicyclic) bond motifs is 2. The van der Waals surface area contributed by atoms with Gasteiger partial charge in [0.2, 0.25) is 5.69 Å². The number of unbranched alkanes of at least 4 members (excludes halogenated alkanes) is 2. The number of rotatable bonds is 11. The number of benzene rings is 2. The van der Waals surface area contributed by atoms with Gasteiger partial charge in [0, 0.05) is 51.7 Å². The number of pyridine rings is 2. The molecule has 0 saturated carbocycles. The minimum absolute atomic E-state index is 0.303. The molecule has 0 bridgehead atoms. The molecule has 0 saturated heterocycles. The van der Waals surface area contributed by atoms with E-state index in [4.69, 9.17) is 4.98 Å². The number of aromatic nitrogens is 4. The Morgan fingerprint density at radius 3 is 2.39 bits per heavy atom. The molecule has 3 aromatic heterocycles. The van der Waals surface area contributed by atoms with Crippen LogP contribution in [0.2, 0.25) is 0 Å². The number of alkyl halides is 3. The first-order valence-electron chi connectivity index (χ1n) is 17.7. The van der Waals surface area contributed by atoms with E-state index in [-0.39, 0.29) is 5.82 Å². The zero-order valence-electron chi connectivity index (χ0n) is 29.7. The van der Waals surface area contributed by atoms with Crippen molar-refractivity contribution in [3.8, 4) is 22.6 Å². The maximum atomic E-state index is 16.4. The second-order valence-electron chi connectivity index (χ2n) is 14.4. The van der Waals surface area contributed by atoms with E-state index < -0.39 is 28.7 Å². The van der Waals surface area contributed by atoms with Gasteiger partial charge in [-0.3, -0.25) is 9.67 Å². The molecular formula is C41H47F4N4+. The fourth-order valence-electron chi connectivity index (χ4n) is 8.16. The summed E-state index contributed by atoms with van der Waals surface area (Å²) in [5.41, 5.74) is 3.94. The zero-order valence-corrected chi connectivity index (χ0v) is 29.7. The molecule has 3 heterocycles. The third-order valence-corrected chi connectivity index (χ3v) is 11.1. The third-order valence-electron chi connectivity index (χ3n) is 11.1. The summed E-state index contributed by atoms with van der Waals surface area (Å²) in [6, 6.07) is 16.0. The second kappa shape index (κ2) is 13.0. The summed E-state index contributed by atoms with van der Waals surface area (Å²) < 4.78 is 63.1. The minimum atomic E-state index is -4.62. The topological polar surface area (TPSA) is 34.6 Å². The van der Waals surface area contributed by atoms with Gasteiger partial charge in [0.05, 0.1) is 11.7 Å². The van der Waals surface area contributed by atoms with Crippen molar-refractivity contribution < 1.29 is 22.1 Å². The van der Waals surface area contributed by atoms with Crippen LogP contribution in [0, 0.1) is 5.82 Å². The smallest absolute Gasteiger partial charge is 0.256 e. The molecule has 2 unspecified atom stereocenters. The van der Waals surface area contributed by atoms with Crippen molar-refractivity contribution in [1.82, 2.24) is 14.8 Å². The van der Waals surface area contributed by atoms with Gasteiger partial charge in [0.1, 0.15) is 18.6 Å². The zero-order chi connectivity index (χ0) is 35.3. The monoisotopic (exact) mass is 671 g/mol. The molecule has 258 valence electrons. The number of hydrogen-bond donors (Lipinski definition) is 0. The van der Waals surface area contributed by atoms with E-state index in [1.807, 2.05) is 48.3 Å². The van der Waals surface area contributed by atoms with Crippen molar-refractivity contribution in [3.63, 3.8) is 0 Å². The van der Waals surface area contributed by atoms with Gasteiger partial charge < -0.3 is 0 Å². The molecule has 1 aliphatic carbocycles. The third kappa shape index (κ3) is 5.75. The van der Waals surface area contributed by atoms with Crippen molar-refractivity contribution in [3.05, 3.63) is 101 Å². The molecule has 2 aromatic carbocycles. The Morgan fingerprint density at radius 1 is 0.959 bits per heavy atom. The molecule has 49 heavy (non-hydrogen) atoms. The predicted octanol–water partition coefficient (Wildman–Crippen LogP) is 10.8. The van der Waals surface area contributed by atoms with Gasteiger partial charge in [0.25, 0.3) is 0 Å². The summed E-state index contributed by atoms with van der Waals surface area (Å²) in [5, 5.41) is 6.53. The van der Waals surface area contributed by atoms with Gasteiger partial charge in [-0.1, -0.05) is 79.0 Å². The van der Waals surface area contributed by atoms with Crippen molar-refractivity contribution in [2.24, 2.45) is 7.05 Å². The molecule has 2 atom stereocenters. The molecule has 0 N–H and O–H groups in total. The SMILES string of the molecule is CCCCc1ccc2c3c(nccc13)-c1c(C(C)(CC)C(CCCC)n3nc(C(F)(F)F)cc3-c3cccc[n+]3C)ccc(F)c1C2(C)C. The maximum Gasteiger partial charge on any atom is 0.435 e. The van der Waals surface area contributed by atoms with Crippen LogP contribution < -0.4 is 4.57 Å². The lowest BCUT2D eigenvalue weighted by Gasteiger charge is -2.43. The van der Waals surface area contributed by atoms with Gasteiger partial charge in [-0.05, 0) is 66.0 Å². The van der Waals surface area contributed by atoms with Crippen LogP contribution in [0.4, 0.5) is 17.6 Å². The van der Waals surface area contributed by atoms with Crippen LogP contribution in [0.1, 0.15) is 114 Å². The summed E-state index contributed by atoms with van der Waals surface area (Å²) in [5.74, 6) is -0.303. The summed E-state index contributed by atoms with van der Waals surface area (Å²) in [4.78, 5) is 4.98. The molecular weight excluding hydrogens is 624 g/mol. The fourth-order valence-corrected chi connectivity index (χ4v) is 8.16. The summed E-state index contributed by atoms with van der Waals surface area (Å²) in [7, 11) is 1.83. The fraction of sp³-hybridized carbons (Fsp3) is 0.439. The predicted molar refractivity (Wildman–Crippen MR) is 188 cm³/mol. The Morgan fingerprint density at radius 2 is 1.71 bits per heavy atom. The summed E-state index contributed by atoms with van der Waals surface area (Å²) >= 11 is 0. The number of nitrogens with zero attached hydrogens (tertiary/aromatic N) is 4.